The van der Waals surface area contributed by atoms with Gasteiger partial charge in [-0.2, -0.15) is 5.10 Å². The van der Waals surface area contributed by atoms with Crippen LogP contribution in [0, 0.1) is 6.92 Å². The lowest BCUT2D eigenvalue weighted by Crippen LogP contribution is -2.18. The van der Waals surface area contributed by atoms with Gasteiger partial charge in [0, 0.05) is 11.6 Å². The summed E-state index contributed by atoms with van der Waals surface area (Å²) in [6, 6.07) is 7.67. The van der Waals surface area contributed by atoms with Gasteiger partial charge < -0.3 is 5.32 Å². The minimum absolute atomic E-state index is 0.198. The van der Waals surface area contributed by atoms with Gasteiger partial charge >= 0.3 is 0 Å². The zero-order chi connectivity index (χ0) is 19.4. The standard InChI is InChI=1S/C19H22N6OS/c1-12(2)17-22-13(3)16(19(24-17)27-4)18(26)23-15-7-5-14(6-8-15)9-25-11-20-10-21-25/h5-8,10-12H,9H2,1-4H3,(H,23,26). The summed E-state index contributed by atoms with van der Waals surface area (Å²) < 4.78 is 1.75. The van der Waals surface area contributed by atoms with Crippen LogP contribution in [0.15, 0.2) is 41.9 Å². The Morgan fingerprint density at radius 1 is 1.22 bits per heavy atom. The summed E-state index contributed by atoms with van der Waals surface area (Å²) in [6.07, 6.45) is 5.09. The number of nitrogens with one attached hydrogen (secondary N) is 1. The molecule has 27 heavy (non-hydrogen) atoms. The first kappa shape index (κ1) is 19.0. The van der Waals surface area contributed by atoms with Gasteiger partial charge in [-0.15, -0.1) is 11.8 Å². The fourth-order valence-corrected chi connectivity index (χ4v) is 3.25. The van der Waals surface area contributed by atoms with Crippen molar-refractivity contribution in [1.82, 2.24) is 24.7 Å². The summed E-state index contributed by atoms with van der Waals surface area (Å²) in [5, 5.41) is 7.73. The predicted octanol–water partition coefficient (Wildman–Crippen LogP) is 3.52. The molecule has 0 saturated heterocycles. The number of benzene rings is 1. The van der Waals surface area contributed by atoms with Crippen LogP contribution >= 0.6 is 11.8 Å². The Morgan fingerprint density at radius 3 is 2.56 bits per heavy atom. The van der Waals surface area contributed by atoms with Crippen LogP contribution < -0.4 is 5.32 Å². The molecule has 3 rings (SSSR count). The van der Waals surface area contributed by atoms with Gasteiger partial charge in [-0.25, -0.2) is 19.6 Å². The Balaban J connectivity index is 1.77. The number of anilines is 1. The highest BCUT2D eigenvalue weighted by Gasteiger charge is 2.19. The topological polar surface area (TPSA) is 85.6 Å². The molecule has 8 heteroatoms. The minimum Gasteiger partial charge on any atom is -0.322 e. The van der Waals surface area contributed by atoms with Crippen molar-refractivity contribution in [3.8, 4) is 0 Å². The van der Waals surface area contributed by atoms with E-state index in [2.05, 4.69) is 25.4 Å². The maximum Gasteiger partial charge on any atom is 0.260 e. The Kier molecular flexibility index (Phi) is 5.85. The second-order valence-electron chi connectivity index (χ2n) is 6.45. The number of thioether (sulfide) groups is 1. The SMILES string of the molecule is CSc1nc(C(C)C)nc(C)c1C(=O)Nc1ccc(Cn2cncn2)cc1. The van der Waals surface area contributed by atoms with Crippen LogP contribution in [0.3, 0.4) is 0 Å². The van der Waals surface area contributed by atoms with Crippen LogP contribution in [0.5, 0.6) is 0 Å². The van der Waals surface area contributed by atoms with Gasteiger partial charge in [0.2, 0.25) is 0 Å². The van der Waals surface area contributed by atoms with Crippen molar-refractivity contribution in [2.75, 3.05) is 11.6 Å². The number of amides is 1. The maximum absolute atomic E-state index is 12.8. The van der Waals surface area contributed by atoms with Gasteiger partial charge in [0.05, 0.1) is 17.8 Å². The second-order valence-corrected chi connectivity index (χ2v) is 7.25. The number of hydrogen-bond donors (Lipinski definition) is 1. The molecule has 0 fully saturated rings. The van der Waals surface area contributed by atoms with E-state index in [4.69, 9.17) is 0 Å². The fraction of sp³-hybridized carbons (Fsp3) is 0.316. The van der Waals surface area contributed by atoms with Gasteiger partial charge in [0.1, 0.15) is 23.5 Å². The smallest absolute Gasteiger partial charge is 0.260 e. The molecule has 2 heterocycles. The molecule has 140 valence electrons. The van der Waals surface area contributed by atoms with E-state index < -0.39 is 0 Å². The Morgan fingerprint density at radius 2 is 1.96 bits per heavy atom. The van der Waals surface area contributed by atoms with E-state index in [1.807, 2.05) is 51.3 Å². The molecule has 1 aromatic carbocycles. The number of carbonyl (C=O) groups is 1. The van der Waals surface area contributed by atoms with Crippen LogP contribution in [0.1, 0.15) is 47.2 Å². The molecule has 2 aromatic heterocycles. The third-order valence-electron chi connectivity index (χ3n) is 4.03. The molecule has 0 unspecified atom stereocenters. The van der Waals surface area contributed by atoms with Gasteiger partial charge in [-0.3, -0.25) is 4.79 Å². The van der Waals surface area contributed by atoms with E-state index >= 15 is 0 Å². The van der Waals surface area contributed by atoms with Crippen molar-refractivity contribution in [2.24, 2.45) is 0 Å². The third-order valence-corrected chi connectivity index (χ3v) is 4.72. The number of hydrogen-bond acceptors (Lipinski definition) is 6. The van der Waals surface area contributed by atoms with Crippen molar-refractivity contribution in [1.29, 1.82) is 0 Å². The largest absolute Gasteiger partial charge is 0.322 e. The molecule has 7 nitrogen and oxygen atoms in total. The number of rotatable bonds is 6. The van der Waals surface area contributed by atoms with Crippen LogP contribution in [0.4, 0.5) is 5.69 Å². The summed E-state index contributed by atoms with van der Waals surface area (Å²) in [5.74, 6) is 0.770. The van der Waals surface area contributed by atoms with Crippen molar-refractivity contribution in [3.05, 3.63) is 59.6 Å². The van der Waals surface area contributed by atoms with Crippen LogP contribution in [-0.2, 0) is 6.54 Å². The molecule has 0 saturated carbocycles. The van der Waals surface area contributed by atoms with Gasteiger partial charge in [-0.1, -0.05) is 26.0 Å². The molecule has 0 bridgehead atoms. The molecular weight excluding hydrogens is 360 g/mol. The fourth-order valence-electron chi connectivity index (χ4n) is 2.62. The number of nitrogens with zero attached hydrogens (tertiary/aromatic N) is 5. The highest BCUT2D eigenvalue weighted by atomic mass is 32.2. The van der Waals surface area contributed by atoms with E-state index in [-0.39, 0.29) is 11.8 Å². The van der Waals surface area contributed by atoms with Crippen molar-refractivity contribution in [3.63, 3.8) is 0 Å². The maximum atomic E-state index is 12.8. The lowest BCUT2D eigenvalue weighted by atomic mass is 10.1. The monoisotopic (exact) mass is 382 g/mol. The average Bonchev–Trinajstić information content (AvgIpc) is 3.15. The van der Waals surface area contributed by atoms with Gasteiger partial charge in [-0.05, 0) is 30.9 Å². The quantitative estimate of drug-likeness (QED) is 0.519. The lowest BCUT2D eigenvalue weighted by Gasteiger charge is -2.13. The highest BCUT2D eigenvalue weighted by Crippen LogP contribution is 2.24. The van der Waals surface area contributed by atoms with Crippen molar-refractivity contribution < 1.29 is 4.79 Å². The summed E-state index contributed by atoms with van der Waals surface area (Å²) in [7, 11) is 0. The van der Waals surface area contributed by atoms with Gasteiger partial charge in [0.15, 0.2) is 0 Å². The number of aromatic nitrogens is 5. The first-order valence-corrected chi connectivity index (χ1v) is 9.85. The van der Waals surface area contributed by atoms with Crippen LogP contribution in [0.2, 0.25) is 0 Å². The Hall–Kier alpha value is -2.74. The van der Waals surface area contributed by atoms with E-state index in [0.29, 0.717) is 22.8 Å². The molecule has 0 aliphatic carbocycles. The Bertz CT molecular complexity index is 922. The number of aryl methyl sites for hydroxylation is 1. The van der Waals surface area contributed by atoms with E-state index in [9.17, 15) is 4.79 Å². The van der Waals surface area contributed by atoms with Gasteiger partial charge in [0.25, 0.3) is 5.91 Å². The predicted molar refractivity (Wildman–Crippen MR) is 106 cm³/mol. The average molecular weight is 382 g/mol. The molecule has 0 atom stereocenters. The first-order chi connectivity index (χ1) is 13.0. The molecule has 0 aliphatic heterocycles. The van der Waals surface area contributed by atoms with Crippen molar-refractivity contribution in [2.45, 2.75) is 38.3 Å². The lowest BCUT2D eigenvalue weighted by molar-refractivity contribution is 0.102. The molecule has 0 spiro atoms. The van der Waals surface area contributed by atoms with E-state index in [1.54, 1.807) is 11.0 Å². The number of carbonyl (C=O) groups excluding carboxylic acids is 1. The highest BCUT2D eigenvalue weighted by molar-refractivity contribution is 7.98. The summed E-state index contributed by atoms with van der Waals surface area (Å²) in [5.41, 5.74) is 3.02. The second kappa shape index (κ2) is 8.30. The summed E-state index contributed by atoms with van der Waals surface area (Å²) in [6.45, 7) is 6.57. The molecule has 1 amide bonds. The van der Waals surface area contributed by atoms with Crippen LogP contribution in [0.25, 0.3) is 0 Å². The zero-order valence-electron chi connectivity index (χ0n) is 15.8. The van der Waals surface area contributed by atoms with E-state index in [1.165, 1.54) is 18.1 Å². The molecule has 0 radical (unpaired) electrons. The first-order valence-electron chi connectivity index (χ1n) is 8.63. The van der Waals surface area contributed by atoms with E-state index in [0.717, 1.165) is 17.1 Å². The van der Waals surface area contributed by atoms with Crippen molar-refractivity contribution >= 4 is 23.4 Å². The minimum atomic E-state index is -0.198. The molecule has 3 aromatic rings. The van der Waals surface area contributed by atoms with Crippen LogP contribution in [-0.4, -0.2) is 36.9 Å². The molecule has 0 aliphatic rings. The summed E-state index contributed by atoms with van der Waals surface area (Å²) >= 11 is 1.46. The molecule has 1 N–H and O–H groups in total. The zero-order valence-corrected chi connectivity index (χ0v) is 16.6. The molecular formula is C19H22N6OS. The normalized spacial score (nSPS) is 11.0. The summed E-state index contributed by atoms with van der Waals surface area (Å²) in [4.78, 5) is 25.8. The Labute approximate surface area is 162 Å². The third kappa shape index (κ3) is 4.51.